The van der Waals surface area contributed by atoms with Crippen LogP contribution in [-0.4, -0.2) is 45.7 Å². The summed E-state index contributed by atoms with van der Waals surface area (Å²) in [5.41, 5.74) is 0.373. The second-order valence-electron chi connectivity index (χ2n) is 4.31. The molecule has 6 heteroatoms. The number of carbonyl (C=O) groups excluding carboxylic acids is 1. The molecule has 18 heavy (non-hydrogen) atoms. The molecule has 1 aliphatic heterocycles. The third-order valence-corrected chi connectivity index (χ3v) is 3.12. The lowest BCUT2D eigenvalue weighted by Gasteiger charge is -2.20. The summed E-state index contributed by atoms with van der Waals surface area (Å²) in [4.78, 5) is 24.5. The number of aliphatic hydroxyl groups excluding tert-OH is 1. The number of furan rings is 1. The van der Waals surface area contributed by atoms with Gasteiger partial charge in [-0.25, -0.2) is 4.79 Å². The Balaban J connectivity index is 2.25. The minimum atomic E-state index is -1.10. The number of hydrogen-bond acceptors (Lipinski definition) is 4. The minimum absolute atomic E-state index is 0.0458. The van der Waals surface area contributed by atoms with Crippen molar-refractivity contribution in [1.29, 1.82) is 0 Å². The fourth-order valence-electron chi connectivity index (χ4n) is 2.23. The summed E-state index contributed by atoms with van der Waals surface area (Å²) in [6.45, 7) is 1.90. The number of β-amino-alcohol motifs (C(OH)–C–C–N with tert-alkyl or cyclic N) is 1. The Morgan fingerprint density at radius 3 is 2.89 bits per heavy atom. The Bertz CT molecular complexity index is 467. The van der Waals surface area contributed by atoms with Crippen LogP contribution in [0.4, 0.5) is 0 Å². The Morgan fingerprint density at radius 2 is 2.28 bits per heavy atom. The number of carboxylic acids is 1. The Hall–Kier alpha value is -1.82. The average Bonchev–Trinajstić information content (AvgIpc) is 2.93. The summed E-state index contributed by atoms with van der Waals surface area (Å²) in [5, 5.41) is 18.6. The van der Waals surface area contributed by atoms with Crippen LogP contribution in [0.25, 0.3) is 0 Å². The van der Waals surface area contributed by atoms with Gasteiger partial charge in [-0.2, -0.15) is 0 Å². The SMILES string of the molecule is CCc1occc1C(=O)N1C[C@@H](O)C[C@H]1C(=O)O. The van der Waals surface area contributed by atoms with Crippen LogP contribution in [-0.2, 0) is 11.2 Å². The molecule has 1 aromatic rings. The monoisotopic (exact) mass is 253 g/mol. The molecule has 2 heterocycles. The molecule has 98 valence electrons. The van der Waals surface area contributed by atoms with E-state index in [4.69, 9.17) is 9.52 Å². The molecule has 1 aromatic heterocycles. The lowest BCUT2D eigenvalue weighted by Crippen LogP contribution is -2.40. The van der Waals surface area contributed by atoms with Crippen molar-refractivity contribution >= 4 is 11.9 Å². The maximum absolute atomic E-state index is 12.2. The molecule has 2 rings (SSSR count). The van der Waals surface area contributed by atoms with E-state index in [1.54, 1.807) is 0 Å². The Morgan fingerprint density at radius 1 is 1.56 bits per heavy atom. The van der Waals surface area contributed by atoms with Gasteiger partial charge in [0.05, 0.1) is 17.9 Å². The summed E-state index contributed by atoms with van der Waals surface area (Å²) in [7, 11) is 0. The van der Waals surface area contributed by atoms with Crippen LogP contribution < -0.4 is 0 Å². The lowest BCUT2D eigenvalue weighted by molar-refractivity contribution is -0.141. The van der Waals surface area contributed by atoms with Crippen molar-refractivity contribution in [1.82, 2.24) is 4.90 Å². The number of aliphatic hydroxyl groups is 1. The predicted octanol–water partition coefficient (Wildman–Crippen LogP) is 0.502. The number of aliphatic carboxylic acids is 1. The molecule has 0 saturated carbocycles. The highest BCUT2D eigenvalue weighted by molar-refractivity contribution is 5.97. The smallest absolute Gasteiger partial charge is 0.326 e. The van der Waals surface area contributed by atoms with Crippen LogP contribution in [0.5, 0.6) is 0 Å². The largest absolute Gasteiger partial charge is 0.480 e. The number of aryl methyl sites for hydroxylation is 1. The molecule has 1 aliphatic rings. The van der Waals surface area contributed by atoms with Gasteiger partial charge in [-0.1, -0.05) is 6.92 Å². The van der Waals surface area contributed by atoms with E-state index in [0.717, 1.165) is 0 Å². The van der Waals surface area contributed by atoms with Gasteiger partial charge < -0.3 is 19.5 Å². The van der Waals surface area contributed by atoms with Gasteiger partial charge >= 0.3 is 5.97 Å². The second kappa shape index (κ2) is 4.81. The molecule has 0 bridgehead atoms. The number of nitrogens with zero attached hydrogens (tertiary/aromatic N) is 1. The third-order valence-electron chi connectivity index (χ3n) is 3.12. The lowest BCUT2D eigenvalue weighted by atomic mass is 10.1. The summed E-state index contributed by atoms with van der Waals surface area (Å²) in [6.07, 6.45) is 1.25. The van der Waals surface area contributed by atoms with Crippen molar-refractivity contribution in [3.05, 3.63) is 23.7 Å². The molecular weight excluding hydrogens is 238 g/mol. The molecule has 0 aliphatic carbocycles. The predicted molar refractivity (Wildman–Crippen MR) is 61.2 cm³/mol. The van der Waals surface area contributed by atoms with E-state index in [1.807, 2.05) is 6.92 Å². The molecule has 0 radical (unpaired) electrons. The number of carboxylic acid groups (broad SMARTS) is 1. The summed E-state index contributed by atoms with van der Waals surface area (Å²) in [6, 6.07) is 0.567. The average molecular weight is 253 g/mol. The highest BCUT2D eigenvalue weighted by Crippen LogP contribution is 2.23. The van der Waals surface area contributed by atoms with Gasteiger partial charge in [-0.3, -0.25) is 4.79 Å². The van der Waals surface area contributed by atoms with Crippen molar-refractivity contribution in [2.24, 2.45) is 0 Å². The quantitative estimate of drug-likeness (QED) is 0.818. The minimum Gasteiger partial charge on any atom is -0.480 e. The van der Waals surface area contributed by atoms with Crippen LogP contribution in [0.15, 0.2) is 16.7 Å². The van der Waals surface area contributed by atoms with Gasteiger partial charge in [0, 0.05) is 19.4 Å². The number of likely N-dealkylation sites (tertiary alicyclic amines) is 1. The Labute approximate surface area is 104 Å². The van der Waals surface area contributed by atoms with Gasteiger partial charge in [-0.15, -0.1) is 0 Å². The first-order valence-corrected chi connectivity index (χ1v) is 5.82. The highest BCUT2D eigenvalue weighted by Gasteiger charge is 2.39. The maximum Gasteiger partial charge on any atom is 0.326 e. The van der Waals surface area contributed by atoms with Crippen molar-refractivity contribution in [3.8, 4) is 0 Å². The van der Waals surface area contributed by atoms with E-state index in [2.05, 4.69) is 0 Å². The summed E-state index contributed by atoms with van der Waals surface area (Å²) < 4.78 is 5.16. The topological polar surface area (TPSA) is 91.0 Å². The van der Waals surface area contributed by atoms with Gasteiger partial charge in [0.15, 0.2) is 0 Å². The first-order chi connectivity index (χ1) is 8.54. The van der Waals surface area contributed by atoms with E-state index in [9.17, 15) is 14.7 Å². The molecule has 0 aromatic carbocycles. The number of hydrogen-bond donors (Lipinski definition) is 2. The van der Waals surface area contributed by atoms with Crippen molar-refractivity contribution in [2.45, 2.75) is 31.9 Å². The molecule has 1 fully saturated rings. The van der Waals surface area contributed by atoms with E-state index in [1.165, 1.54) is 17.2 Å². The molecule has 2 N–H and O–H groups in total. The van der Waals surface area contributed by atoms with Gasteiger partial charge in [0.25, 0.3) is 5.91 Å². The van der Waals surface area contributed by atoms with Crippen LogP contribution in [0, 0.1) is 0 Å². The van der Waals surface area contributed by atoms with E-state index >= 15 is 0 Å². The number of carbonyl (C=O) groups is 2. The van der Waals surface area contributed by atoms with Gasteiger partial charge in [-0.05, 0) is 6.07 Å². The van der Waals surface area contributed by atoms with Gasteiger partial charge in [0.1, 0.15) is 11.8 Å². The zero-order valence-corrected chi connectivity index (χ0v) is 10.00. The van der Waals surface area contributed by atoms with Crippen molar-refractivity contribution < 1.29 is 24.2 Å². The van der Waals surface area contributed by atoms with E-state index in [0.29, 0.717) is 17.7 Å². The van der Waals surface area contributed by atoms with Crippen LogP contribution in [0.3, 0.4) is 0 Å². The number of rotatable bonds is 3. The normalized spacial score (nSPS) is 23.3. The Kier molecular flexibility index (Phi) is 3.38. The second-order valence-corrected chi connectivity index (χ2v) is 4.31. The maximum atomic E-state index is 12.2. The van der Waals surface area contributed by atoms with Crippen LogP contribution in [0.1, 0.15) is 29.5 Å². The highest BCUT2D eigenvalue weighted by atomic mass is 16.4. The van der Waals surface area contributed by atoms with Crippen molar-refractivity contribution in [2.75, 3.05) is 6.54 Å². The van der Waals surface area contributed by atoms with Gasteiger partial charge in [0.2, 0.25) is 0 Å². The first-order valence-electron chi connectivity index (χ1n) is 5.82. The van der Waals surface area contributed by atoms with Crippen LogP contribution >= 0.6 is 0 Å². The molecular formula is C12H15NO5. The zero-order valence-electron chi connectivity index (χ0n) is 10.00. The van der Waals surface area contributed by atoms with E-state index in [-0.39, 0.29) is 13.0 Å². The van der Waals surface area contributed by atoms with Crippen LogP contribution in [0.2, 0.25) is 0 Å². The number of amides is 1. The molecule has 1 saturated heterocycles. The third kappa shape index (κ3) is 2.11. The standard InChI is InChI=1S/C12H15NO5/c1-2-10-8(3-4-18-10)11(15)13-6-7(14)5-9(13)12(16)17/h3-4,7,9,14H,2,5-6H2,1H3,(H,16,17)/t7-,9-/m0/s1. The molecule has 0 unspecified atom stereocenters. The molecule has 6 nitrogen and oxygen atoms in total. The molecule has 0 spiro atoms. The summed E-state index contributed by atoms with van der Waals surface area (Å²) >= 11 is 0. The fraction of sp³-hybridized carbons (Fsp3) is 0.500. The zero-order chi connectivity index (χ0) is 13.3. The van der Waals surface area contributed by atoms with Crippen molar-refractivity contribution in [3.63, 3.8) is 0 Å². The molecule has 2 atom stereocenters. The first kappa shape index (κ1) is 12.6. The fourth-order valence-corrected chi connectivity index (χ4v) is 2.23. The van der Waals surface area contributed by atoms with E-state index < -0.39 is 24.0 Å². The summed E-state index contributed by atoms with van der Waals surface area (Å²) in [5.74, 6) is -0.962. The molecule has 1 amide bonds.